The quantitative estimate of drug-likeness (QED) is 0.796. The van der Waals surface area contributed by atoms with Gasteiger partial charge in [-0.25, -0.2) is 4.98 Å². The summed E-state index contributed by atoms with van der Waals surface area (Å²) in [6, 6.07) is 0. The number of nitrogens with one attached hydrogen (secondary N) is 1. The van der Waals surface area contributed by atoms with Crippen molar-refractivity contribution in [2.45, 2.75) is 25.9 Å². The predicted molar refractivity (Wildman–Crippen MR) is 63.2 cm³/mol. The summed E-state index contributed by atoms with van der Waals surface area (Å²) in [6.07, 6.45) is 5.62. The third-order valence-corrected chi connectivity index (χ3v) is 3.72. The highest BCUT2D eigenvalue weighted by molar-refractivity contribution is 5.76. The molecule has 5 nitrogen and oxygen atoms in total. The lowest BCUT2D eigenvalue weighted by molar-refractivity contribution is -0.133. The number of hydrogen-bond donors (Lipinski definition) is 1. The lowest BCUT2D eigenvalue weighted by Crippen LogP contribution is -2.39. The second-order valence-corrected chi connectivity index (χ2v) is 4.92. The Bertz CT molecular complexity index is 408. The first kappa shape index (κ1) is 10.8. The van der Waals surface area contributed by atoms with E-state index in [0.29, 0.717) is 18.9 Å². The molecule has 92 valence electrons. The number of hydrogen-bond acceptors (Lipinski definition) is 3. The molecule has 1 fully saturated rings. The van der Waals surface area contributed by atoms with E-state index in [-0.39, 0.29) is 5.91 Å². The van der Waals surface area contributed by atoms with Crippen LogP contribution in [-0.4, -0.2) is 40.0 Å². The molecule has 0 aliphatic carbocycles. The molecule has 1 unspecified atom stereocenters. The molecule has 0 aromatic carbocycles. The fraction of sp³-hybridized carbons (Fsp3) is 0.667. The first-order valence-electron chi connectivity index (χ1n) is 6.31. The molecule has 2 aliphatic heterocycles. The Balaban J connectivity index is 1.60. The van der Waals surface area contributed by atoms with Crippen molar-refractivity contribution in [3.05, 3.63) is 18.2 Å². The van der Waals surface area contributed by atoms with Crippen molar-refractivity contribution in [1.29, 1.82) is 0 Å². The monoisotopic (exact) mass is 234 g/mol. The molecule has 0 spiro atoms. The van der Waals surface area contributed by atoms with E-state index in [1.165, 1.54) is 0 Å². The van der Waals surface area contributed by atoms with Crippen molar-refractivity contribution in [1.82, 2.24) is 19.8 Å². The Labute approximate surface area is 101 Å². The van der Waals surface area contributed by atoms with E-state index in [9.17, 15) is 4.79 Å². The number of fused-ring (bicyclic) bond motifs is 1. The maximum Gasteiger partial charge on any atom is 0.223 e. The molecule has 3 rings (SSSR count). The van der Waals surface area contributed by atoms with Gasteiger partial charge < -0.3 is 14.8 Å². The summed E-state index contributed by atoms with van der Waals surface area (Å²) in [6.45, 7) is 4.43. The highest BCUT2D eigenvalue weighted by atomic mass is 16.2. The van der Waals surface area contributed by atoms with Crippen LogP contribution in [0.25, 0.3) is 0 Å². The number of nitrogens with zero attached hydrogens (tertiary/aromatic N) is 3. The Morgan fingerprint density at radius 3 is 3.29 bits per heavy atom. The molecule has 17 heavy (non-hydrogen) atoms. The Kier molecular flexibility index (Phi) is 2.84. The van der Waals surface area contributed by atoms with Crippen LogP contribution in [0.5, 0.6) is 0 Å². The molecule has 0 radical (unpaired) electrons. The van der Waals surface area contributed by atoms with Crippen LogP contribution in [0.3, 0.4) is 0 Å². The fourth-order valence-electron chi connectivity index (χ4n) is 2.65. The zero-order valence-electron chi connectivity index (χ0n) is 9.93. The Morgan fingerprint density at radius 1 is 1.53 bits per heavy atom. The molecular weight excluding hydrogens is 216 g/mol. The molecule has 1 saturated heterocycles. The SMILES string of the molecule is O=C(CC1CCNC1)N1CCn2ccnc2C1. The average Bonchev–Trinajstić information content (AvgIpc) is 2.97. The molecule has 2 aliphatic rings. The van der Waals surface area contributed by atoms with Crippen LogP contribution in [0, 0.1) is 5.92 Å². The normalized spacial score (nSPS) is 23.8. The molecular formula is C12H18N4O. The lowest BCUT2D eigenvalue weighted by Gasteiger charge is -2.28. The summed E-state index contributed by atoms with van der Waals surface area (Å²) in [7, 11) is 0. The molecule has 1 aromatic rings. The Hall–Kier alpha value is -1.36. The topological polar surface area (TPSA) is 50.2 Å². The van der Waals surface area contributed by atoms with Crippen LogP contribution < -0.4 is 5.32 Å². The van der Waals surface area contributed by atoms with E-state index >= 15 is 0 Å². The minimum Gasteiger partial charge on any atom is -0.333 e. The highest BCUT2D eigenvalue weighted by Gasteiger charge is 2.24. The van der Waals surface area contributed by atoms with Gasteiger partial charge >= 0.3 is 0 Å². The summed E-state index contributed by atoms with van der Waals surface area (Å²) in [5.41, 5.74) is 0. The van der Waals surface area contributed by atoms with E-state index in [4.69, 9.17) is 0 Å². The highest BCUT2D eigenvalue weighted by Crippen LogP contribution is 2.17. The van der Waals surface area contributed by atoms with Gasteiger partial charge in [-0.1, -0.05) is 0 Å². The second-order valence-electron chi connectivity index (χ2n) is 4.92. The molecule has 1 amide bonds. The number of rotatable bonds is 2. The van der Waals surface area contributed by atoms with E-state index in [2.05, 4.69) is 14.9 Å². The van der Waals surface area contributed by atoms with Gasteiger partial charge in [-0.2, -0.15) is 0 Å². The van der Waals surface area contributed by atoms with Crippen molar-refractivity contribution in [2.24, 2.45) is 5.92 Å². The van der Waals surface area contributed by atoms with E-state index < -0.39 is 0 Å². The lowest BCUT2D eigenvalue weighted by atomic mass is 10.0. The second kappa shape index (κ2) is 4.49. The number of carbonyl (C=O) groups excluding carboxylic acids is 1. The predicted octanol–water partition coefficient (Wildman–Crippen LogP) is 0.225. The summed E-state index contributed by atoms with van der Waals surface area (Å²) >= 11 is 0. The first-order chi connectivity index (χ1) is 8.33. The van der Waals surface area contributed by atoms with Crippen molar-refractivity contribution in [3.8, 4) is 0 Å². The van der Waals surface area contributed by atoms with Crippen LogP contribution >= 0.6 is 0 Å². The Morgan fingerprint density at radius 2 is 2.47 bits per heavy atom. The van der Waals surface area contributed by atoms with Gasteiger partial charge in [0.2, 0.25) is 5.91 Å². The van der Waals surface area contributed by atoms with Crippen LogP contribution in [0.15, 0.2) is 12.4 Å². The van der Waals surface area contributed by atoms with Gasteiger partial charge in [-0.05, 0) is 25.4 Å². The molecule has 0 saturated carbocycles. The van der Waals surface area contributed by atoms with Gasteiger partial charge in [0.05, 0.1) is 6.54 Å². The van der Waals surface area contributed by atoms with E-state index in [1.807, 2.05) is 17.3 Å². The number of aromatic nitrogens is 2. The number of carbonyl (C=O) groups is 1. The fourth-order valence-corrected chi connectivity index (χ4v) is 2.65. The summed E-state index contributed by atoms with van der Waals surface area (Å²) in [5, 5.41) is 3.30. The van der Waals surface area contributed by atoms with Gasteiger partial charge in [0.1, 0.15) is 5.82 Å². The third-order valence-electron chi connectivity index (χ3n) is 3.72. The zero-order valence-corrected chi connectivity index (χ0v) is 9.93. The summed E-state index contributed by atoms with van der Waals surface area (Å²) in [4.78, 5) is 18.4. The molecule has 1 N–H and O–H groups in total. The zero-order chi connectivity index (χ0) is 11.7. The standard InChI is InChI=1S/C12H18N4O/c17-12(7-10-1-2-13-8-10)16-6-5-15-4-3-14-11(15)9-16/h3-4,10,13H,1-2,5-9H2. The molecule has 0 bridgehead atoms. The van der Waals surface area contributed by atoms with Crippen LogP contribution in [0.4, 0.5) is 0 Å². The molecule has 5 heteroatoms. The van der Waals surface area contributed by atoms with Gasteiger partial charge in [0.15, 0.2) is 0 Å². The minimum atomic E-state index is 0.285. The van der Waals surface area contributed by atoms with Crippen molar-refractivity contribution >= 4 is 5.91 Å². The maximum absolute atomic E-state index is 12.1. The largest absolute Gasteiger partial charge is 0.333 e. The number of amides is 1. The summed E-state index contributed by atoms with van der Waals surface area (Å²) < 4.78 is 2.13. The summed E-state index contributed by atoms with van der Waals surface area (Å²) in [5.74, 6) is 1.83. The van der Waals surface area contributed by atoms with Crippen molar-refractivity contribution in [2.75, 3.05) is 19.6 Å². The molecule has 1 atom stereocenters. The van der Waals surface area contributed by atoms with Gasteiger partial charge in [0, 0.05) is 31.9 Å². The van der Waals surface area contributed by atoms with Crippen LogP contribution in [-0.2, 0) is 17.9 Å². The van der Waals surface area contributed by atoms with Crippen LogP contribution in [0.1, 0.15) is 18.7 Å². The van der Waals surface area contributed by atoms with Crippen molar-refractivity contribution < 1.29 is 4.79 Å². The van der Waals surface area contributed by atoms with Gasteiger partial charge in [0.25, 0.3) is 0 Å². The third kappa shape index (κ3) is 2.20. The molecule has 3 heterocycles. The van der Waals surface area contributed by atoms with Gasteiger partial charge in [-0.15, -0.1) is 0 Å². The van der Waals surface area contributed by atoms with E-state index in [1.54, 1.807) is 0 Å². The average molecular weight is 234 g/mol. The van der Waals surface area contributed by atoms with Gasteiger partial charge in [-0.3, -0.25) is 4.79 Å². The number of imidazole rings is 1. The molecule has 1 aromatic heterocycles. The van der Waals surface area contributed by atoms with E-state index in [0.717, 1.165) is 38.4 Å². The van der Waals surface area contributed by atoms with Crippen LogP contribution in [0.2, 0.25) is 0 Å². The minimum absolute atomic E-state index is 0.285. The van der Waals surface area contributed by atoms with Crippen molar-refractivity contribution in [3.63, 3.8) is 0 Å². The first-order valence-corrected chi connectivity index (χ1v) is 6.31. The smallest absolute Gasteiger partial charge is 0.223 e. The maximum atomic E-state index is 12.1.